The van der Waals surface area contributed by atoms with Crippen LogP contribution in [0.25, 0.3) is 11.3 Å². The van der Waals surface area contributed by atoms with Crippen molar-refractivity contribution in [3.05, 3.63) is 33.7 Å². The number of hydrogen-bond acceptors (Lipinski definition) is 4. The standard InChI is InChI=1S/C19H24ClN3OS/c1-4-15-6-5-9-23(15)11-17-18(22-19(25-17)21-13(3)24)14-7-8-16(20)12(2)10-14/h7-8,10,15H,4-6,9,11H2,1-3H3,(H,21,22,24)/t15-/m1/s1. The molecule has 1 fully saturated rings. The van der Waals surface area contributed by atoms with E-state index < -0.39 is 0 Å². The molecule has 0 bridgehead atoms. The van der Waals surface area contributed by atoms with Crippen LogP contribution in [-0.4, -0.2) is 28.4 Å². The number of likely N-dealkylation sites (tertiary alicyclic amines) is 1. The van der Waals surface area contributed by atoms with Crippen molar-refractivity contribution in [1.29, 1.82) is 0 Å². The molecule has 1 aliphatic heterocycles. The summed E-state index contributed by atoms with van der Waals surface area (Å²) in [6.07, 6.45) is 3.70. The highest BCUT2D eigenvalue weighted by Gasteiger charge is 2.25. The molecule has 134 valence electrons. The monoisotopic (exact) mass is 377 g/mol. The summed E-state index contributed by atoms with van der Waals surface area (Å²) in [5.74, 6) is -0.0910. The SMILES string of the molecule is CC[C@@H]1CCCN1Cc1sc(NC(C)=O)nc1-c1ccc(Cl)c(C)c1. The molecule has 1 saturated heterocycles. The van der Waals surface area contributed by atoms with Crippen molar-refractivity contribution in [2.45, 2.75) is 52.6 Å². The zero-order valence-corrected chi connectivity index (χ0v) is 16.5. The second-order valence-corrected chi connectivity index (χ2v) is 8.10. The number of benzene rings is 1. The zero-order chi connectivity index (χ0) is 18.0. The fourth-order valence-electron chi connectivity index (χ4n) is 3.43. The van der Waals surface area contributed by atoms with Gasteiger partial charge in [-0.25, -0.2) is 4.98 Å². The molecule has 1 aliphatic rings. The summed E-state index contributed by atoms with van der Waals surface area (Å²) < 4.78 is 0. The maximum atomic E-state index is 11.4. The molecule has 1 atom stereocenters. The summed E-state index contributed by atoms with van der Waals surface area (Å²) in [6.45, 7) is 7.78. The molecule has 6 heteroatoms. The quantitative estimate of drug-likeness (QED) is 0.787. The summed E-state index contributed by atoms with van der Waals surface area (Å²) in [7, 11) is 0. The van der Waals surface area contributed by atoms with E-state index in [1.807, 2.05) is 19.1 Å². The second-order valence-electron chi connectivity index (χ2n) is 6.61. The Bertz CT molecular complexity index is 774. The predicted molar refractivity (Wildman–Crippen MR) is 105 cm³/mol. The smallest absolute Gasteiger partial charge is 0.223 e. The lowest BCUT2D eigenvalue weighted by atomic mass is 10.1. The first kappa shape index (κ1) is 18.4. The van der Waals surface area contributed by atoms with Gasteiger partial charge in [-0.2, -0.15) is 0 Å². The van der Waals surface area contributed by atoms with Gasteiger partial charge in [0.15, 0.2) is 5.13 Å². The minimum Gasteiger partial charge on any atom is -0.302 e. The lowest BCUT2D eigenvalue weighted by molar-refractivity contribution is -0.114. The van der Waals surface area contributed by atoms with E-state index in [-0.39, 0.29) is 5.91 Å². The van der Waals surface area contributed by atoms with Gasteiger partial charge in [0.25, 0.3) is 0 Å². The molecule has 4 nitrogen and oxygen atoms in total. The number of hydrogen-bond donors (Lipinski definition) is 1. The van der Waals surface area contributed by atoms with E-state index >= 15 is 0 Å². The van der Waals surface area contributed by atoms with Crippen LogP contribution < -0.4 is 5.32 Å². The lowest BCUT2D eigenvalue weighted by Crippen LogP contribution is -2.28. The minimum atomic E-state index is -0.0910. The third-order valence-corrected chi connectivity index (χ3v) is 6.11. The average molecular weight is 378 g/mol. The third kappa shape index (κ3) is 4.22. The first-order valence-electron chi connectivity index (χ1n) is 8.75. The highest BCUT2D eigenvalue weighted by atomic mass is 35.5. The minimum absolute atomic E-state index is 0.0910. The molecular weight excluding hydrogens is 354 g/mol. The molecule has 1 N–H and O–H groups in total. The van der Waals surface area contributed by atoms with Gasteiger partial charge in [0.05, 0.1) is 5.69 Å². The molecule has 3 rings (SSSR count). The van der Waals surface area contributed by atoms with Crippen LogP contribution in [0.3, 0.4) is 0 Å². The van der Waals surface area contributed by atoms with Crippen LogP contribution in [0, 0.1) is 6.92 Å². The number of amides is 1. The van der Waals surface area contributed by atoms with Crippen molar-refractivity contribution in [1.82, 2.24) is 9.88 Å². The number of anilines is 1. The molecule has 2 heterocycles. The Hall–Kier alpha value is -1.43. The molecule has 1 aromatic heterocycles. The van der Waals surface area contributed by atoms with Crippen molar-refractivity contribution in [3.8, 4) is 11.3 Å². The topological polar surface area (TPSA) is 45.2 Å². The number of nitrogens with zero attached hydrogens (tertiary/aromatic N) is 2. The Morgan fingerprint density at radius 1 is 1.48 bits per heavy atom. The maximum absolute atomic E-state index is 11.4. The van der Waals surface area contributed by atoms with Crippen LogP contribution in [0.15, 0.2) is 18.2 Å². The normalized spacial score (nSPS) is 17.8. The van der Waals surface area contributed by atoms with Gasteiger partial charge in [-0.3, -0.25) is 9.69 Å². The number of aryl methyl sites for hydroxylation is 1. The molecule has 2 aromatic rings. The number of halogens is 1. The van der Waals surface area contributed by atoms with E-state index in [1.54, 1.807) is 11.3 Å². The summed E-state index contributed by atoms with van der Waals surface area (Å²) in [6, 6.07) is 6.64. The van der Waals surface area contributed by atoms with Crippen LogP contribution in [-0.2, 0) is 11.3 Å². The van der Waals surface area contributed by atoms with Gasteiger partial charge < -0.3 is 5.32 Å². The van der Waals surface area contributed by atoms with Gasteiger partial charge in [0.1, 0.15) is 0 Å². The molecule has 25 heavy (non-hydrogen) atoms. The molecule has 1 amide bonds. The van der Waals surface area contributed by atoms with Crippen molar-refractivity contribution >= 4 is 34.0 Å². The zero-order valence-electron chi connectivity index (χ0n) is 14.9. The number of carbonyl (C=O) groups excluding carboxylic acids is 1. The van der Waals surface area contributed by atoms with E-state index in [9.17, 15) is 4.79 Å². The molecule has 0 saturated carbocycles. The Balaban J connectivity index is 1.95. The number of nitrogens with one attached hydrogen (secondary N) is 1. The van der Waals surface area contributed by atoms with Gasteiger partial charge in [0, 0.05) is 35.0 Å². The third-order valence-electron chi connectivity index (χ3n) is 4.73. The van der Waals surface area contributed by atoms with Gasteiger partial charge in [-0.15, -0.1) is 0 Å². The first-order valence-corrected chi connectivity index (χ1v) is 9.95. The lowest BCUT2D eigenvalue weighted by Gasteiger charge is -2.22. The van der Waals surface area contributed by atoms with Gasteiger partial charge in [0.2, 0.25) is 5.91 Å². The highest BCUT2D eigenvalue weighted by molar-refractivity contribution is 7.16. The summed E-state index contributed by atoms with van der Waals surface area (Å²) in [5, 5.41) is 4.26. The van der Waals surface area contributed by atoms with Gasteiger partial charge >= 0.3 is 0 Å². The van der Waals surface area contributed by atoms with Gasteiger partial charge in [-0.05, 0) is 50.4 Å². The van der Waals surface area contributed by atoms with Crippen LogP contribution in [0.5, 0.6) is 0 Å². The number of aromatic nitrogens is 1. The molecule has 0 spiro atoms. The predicted octanol–water partition coefficient (Wildman–Crippen LogP) is 5.10. The Labute approximate surface area is 158 Å². The van der Waals surface area contributed by atoms with E-state index in [0.29, 0.717) is 11.2 Å². The van der Waals surface area contributed by atoms with Crippen molar-refractivity contribution in [2.75, 3.05) is 11.9 Å². The van der Waals surface area contributed by atoms with Crippen LogP contribution in [0.1, 0.15) is 43.6 Å². The molecule has 0 aliphatic carbocycles. The molecular formula is C19H24ClN3OS. The highest BCUT2D eigenvalue weighted by Crippen LogP contribution is 2.35. The van der Waals surface area contributed by atoms with E-state index in [1.165, 1.54) is 31.1 Å². The van der Waals surface area contributed by atoms with E-state index in [4.69, 9.17) is 16.6 Å². The summed E-state index contributed by atoms with van der Waals surface area (Å²) in [4.78, 5) is 19.9. The molecule has 1 aromatic carbocycles. The van der Waals surface area contributed by atoms with Crippen LogP contribution in [0.2, 0.25) is 5.02 Å². The Morgan fingerprint density at radius 2 is 2.28 bits per heavy atom. The Kier molecular flexibility index (Phi) is 5.77. The van der Waals surface area contributed by atoms with E-state index in [0.717, 1.165) is 34.9 Å². The van der Waals surface area contributed by atoms with E-state index in [2.05, 4.69) is 23.2 Å². The van der Waals surface area contributed by atoms with Crippen molar-refractivity contribution < 1.29 is 4.79 Å². The van der Waals surface area contributed by atoms with Crippen LogP contribution >= 0.6 is 22.9 Å². The van der Waals surface area contributed by atoms with Crippen molar-refractivity contribution in [3.63, 3.8) is 0 Å². The number of thiazole rings is 1. The number of carbonyl (C=O) groups is 1. The molecule has 0 unspecified atom stereocenters. The largest absolute Gasteiger partial charge is 0.302 e. The van der Waals surface area contributed by atoms with Crippen LogP contribution in [0.4, 0.5) is 5.13 Å². The number of rotatable bonds is 5. The average Bonchev–Trinajstić information content (AvgIpc) is 3.16. The second kappa shape index (κ2) is 7.85. The summed E-state index contributed by atoms with van der Waals surface area (Å²) >= 11 is 7.75. The van der Waals surface area contributed by atoms with Crippen molar-refractivity contribution in [2.24, 2.45) is 0 Å². The molecule has 0 radical (unpaired) electrons. The fourth-order valence-corrected chi connectivity index (χ4v) is 4.60. The maximum Gasteiger partial charge on any atom is 0.223 e. The summed E-state index contributed by atoms with van der Waals surface area (Å²) in [5.41, 5.74) is 3.04. The fraction of sp³-hybridized carbons (Fsp3) is 0.474. The van der Waals surface area contributed by atoms with Gasteiger partial charge in [-0.1, -0.05) is 35.9 Å². The first-order chi connectivity index (χ1) is 12.0. The Morgan fingerprint density at radius 3 is 2.96 bits per heavy atom.